The summed E-state index contributed by atoms with van der Waals surface area (Å²) in [7, 11) is 0. The highest BCUT2D eigenvalue weighted by atomic mass is 19.1. The Balaban J connectivity index is 1.55. The third-order valence-electron chi connectivity index (χ3n) is 7.52. The number of likely N-dealkylation sites (tertiary alicyclic amines) is 2. The Hall–Kier alpha value is -4.14. The van der Waals surface area contributed by atoms with Crippen LogP contribution in [0.15, 0.2) is 54.6 Å². The van der Waals surface area contributed by atoms with Gasteiger partial charge in [-0.1, -0.05) is 48.4 Å². The first-order valence-corrected chi connectivity index (χ1v) is 14.6. The molecular weight excluding hydrogens is 569 g/mol. The Bertz CT molecular complexity index is 1330. The Morgan fingerprint density at radius 1 is 1.05 bits per heavy atom. The molecule has 2 fully saturated rings. The first-order valence-electron chi connectivity index (χ1n) is 14.6. The molecule has 3 amide bonds. The molecule has 0 aliphatic carbocycles. The van der Waals surface area contributed by atoms with E-state index in [0.29, 0.717) is 13.0 Å². The normalized spacial score (nSPS) is 20.8. The van der Waals surface area contributed by atoms with Crippen LogP contribution in [-0.4, -0.2) is 83.5 Å². The lowest BCUT2D eigenvalue weighted by Gasteiger charge is -2.34. The first-order chi connectivity index (χ1) is 21.0. The first kappa shape index (κ1) is 32.8. The smallest absolute Gasteiger partial charge is 0.410 e. The summed E-state index contributed by atoms with van der Waals surface area (Å²) in [6.45, 7) is 7.49. The number of fused-ring (bicyclic) bond motifs is 1. The van der Waals surface area contributed by atoms with Crippen LogP contribution in [0.5, 0.6) is 0 Å². The van der Waals surface area contributed by atoms with E-state index in [4.69, 9.17) is 25.4 Å². The third kappa shape index (κ3) is 8.49. The Morgan fingerprint density at radius 3 is 2.39 bits per heavy atom. The number of alkyl carbamates (subject to hydrolysis) is 1. The van der Waals surface area contributed by atoms with Crippen LogP contribution in [0.2, 0.25) is 0 Å². The van der Waals surface area contributed by atoms with Crippen molar-refractivity contribution in [1.29, 1.82) is 0 Å². The fraction of sp³-hybridized carbons (Fsp3) is 0.485. The zero-order valence-corrected chi connectivity index (χ0v) is 25.5. The predicted molar refractivity (Wildman–Crippen MR) is 160 cm³/mol. The Labute approximate surface area is 257 Å². The van der Waals surface area contributed by atoms with E-state index in [-0.39, 0.29) is 38.2 Å². The van der Waals surface area contributed by atoms with E-state index < -0.39 is 48.0 Å². The fourth-order valence-corrected chi connectivity index (χ4v) is 5.50. The van der Waals surface area contributed by atoms with E-state index in [0.717, 1.165) is 11.1 Å². The van der Waals surface area contributed by atoms with Crippen LogP contribution in [0.1, 0.15) is 45.2 Å². The molecule has 0 bridgehead atoms. The van der Waals surface area contributed by atoms with E-state index in [1.165, 1.54) is 12.1 Å². The Kier molecular flexibility index (Phi) is 10.8. The third-order valence-corrected chi connectivity index (χ3v) is 7.52. The van der Waals surface area contributed by atoms with Gasteiger partial charge in [-0.05, 0) is 57.4 Å². The van der Waals surface area contributed by atoms with Crippen LogP contribution in [0.4, 0.5) is 14.0 Å². The van der Waals surface area contributed by atoms with Crippen LogP contribution in [0.3, 0.4) is 0 Å². The van der Waals surface area contributed by atoms with Gasteiger partial charge < -0.3 is 34.1 Å². The van der Waals surface area contributed by atoms with Crippen LogP contribution < -0.4 is 5.32 Å². The maximum atomic E-state index is 14.1. The second kappa shape index (κ2) is 14.6. The maximum absolute atomic E-state index is 14.1. The van der Waals surface area contributed by atoms with E-state index >= 15 is 0 Å². The minimum Gasteiger partial charge on any atom is -0.445 e. The number of benzene rings is 2. The fourth-order valence-electron chi connectivity index (χ4n) is 5.50. The molecule has 2 heterocycles. The highest BCUT2D eigenvalue weighted by Crippen LogP contribution is 2.35. The van der Waals surface area contributed by atoms with Gasteiger partial charge in [-0.15, -0.1) is 6.42 Å². The minimum atomic E-state index is -1.12. The number of carbonyl (C=O) groups is 3. The van der Waals surface area contributed by atoms with E-state index in [2.05, 4.69) is 11.2 Å². The number of rotatable bonds is 10. The molecule has 5 unspecified atom stereocenters. The molecule has 1 N–H and O–H groups in total. The van der Waals surface area contributed by atoms with Gasteiger partial charge in [-0.2, -0.15) is 0 Å². The molecule has 5 atom stereocenters. The quantitative estimate of drug-likeness (QED) is 0.401. The highest BCUT2D eigenvalue weighted by Gasteiger charge is 2.54. The number of carbonyl (C=O) groups excluding carboxylic acids is 3. The molecule has 0 radical (unpaired) electrons. The molecular formula is C33H40FN3O7. The number of hydrogen-bond donors (Lipinski definition) is 1. The summed E-state index contributed by atoms with van der Waals surface area (Å²) < 4.78 is 36.5. The molecule has 4 rings (SSSR count). The molecule has 0 saturated carbocycles. The largest absolute Gasteiger partial charge is 0.445 e. The number of nitrogens with one attached hydrogen (secondary N) is 1. The van der Waals surface area contributed by atoms with Crippen molar-refractivity contribution in [3.05, 3.63) is 71.5 Å². The molecule has 2 saturated heterocycles. The lowest BCUT2D eigenvalue weighted by molar-refractivity contribution is -0.140. The van der Waals surface area contributed by atoms with Gasteiger partial charge in [0.2, 0.25) is 5.91 Å². The lowest BCUT2D eigenvalue weighted by Crippen LogP contribution is -2.58. The van der Waals surface area contributed by atoms with Crippen LogP contribution >= 0.6 is 0 Å². The molecule has 2 aliphatic rings. The van der Waals surface area contributed by atoms with Gasteiger partial charge in [0.1, 0.15) is 30.7 Å². The van der Waals surface area contributed by atoms with Gasteiger partial charge in [-0.25, -0.2) is 14.0 Å². The van der Waals surface area contributed by atoms with Crippen molar-refractivity contribution in [2.24, 2.45) is 0 Å². The zero-order valence-electron chi connectivity index (χ0n) is 25.5. The second-order valence-electron chi connectivity index (χ2n) is 11.9. The summed E-state index contributed by atoms with van der Waals surface area (Å²) in [5.74, 6) is 1.61. The molecule has 44 heavy (non-hydrogen) atoms. The molecule has 11 heteroatoms. The van der Waals surface area contributed by atoms with Gasteiger partial charge in [0, 0.05) is 6.54 Å². The van der Waals surface area contributed by atoms with Crippen LogP contribution in [0.25, 0.3) is 0 Å². The summed E-state index contributed by atoms with van der Waals surface area (Å²) in [5, 5.41) is 2.66. The Morgan fingerprint density at radius 2 is 1.73 bits per heavy atom. The minimum absolute atomic E-state index is 0.0581. The summed E-state index contributed by atoms with van der Waals surface area (Å²) in [6.07, 6.45) is 3.21. The number of ether oxygens (including phenoxy) is 4. The summed E-state index contributed by atoms with van der Waals surface area (Å²) >= 11 is 0. The predicted octanol–water partition coefficient (Wildman–Crippen LogP) is 4.26. The van der Waals surface area contributed by atoms with E-state index in [1.807, 2.05) is 30.3 Å². The van der Waals surface area contributed by atoms with Gasteiger partial charge in [0.25, 0.3) is 0 Å². The molecule has 2 aliphatic heterocycles. The monoisotopic (exact) mass is 609 g/mol. The number of terminal acetylenes is 1. The molecule has 0 aromatic heterocycles. The molecule has 10 nitrogen and oxygen atoms in total. The summed E-state index contributed by atoms with van der Waals surface area (Å²) in [5.41, 5.74) is 0.802. The number of nitrogens with zero attached hydrogens (tertiary/aromatic N) is 2. The van der Waals surface area contributed by atoms with Gasteiger partial charge in [0.15, 0.2) is 0 Å². The second-order valence-corrected chi connectivity index (χ2v) is 11.9. The molecule has 236 valence electrons. The van der Waals surface area contributed by atoms with Crippen LogP contribution in [-0.2, 0) is 37.0 Å². The average Bonchev–Trinajstić information content (AvgIpc) is 3.57. The standard InChI is InChI=1S/C33H40FN3O7/c1-6-18-41-22(2)28(35-31(39)44-33(3,4)5)30(38)36-17-16-26-29(36)27(42-20-24-12-14-25(34)15-13-24)19-37(26)32(40)43-21-23-10-8-7-9-11-23/h1,7-15,22,26-29H,16-21H2,2-5H3,(H,35,39). The highest BCUT2D eigenvalue weighted by molar-refractivity contribution is 5.87. The van der Waals surface area contributed by atoms with Crippen molar-refractivity contribution < 1.29 is 37.7 Å². The average molecular weight is 610 g/mol. The molecule has 2 aromatic rings. The summed E-state index contributed by atoms with van der Waals surface area (Å²) in [4.78, 5) is 43.4. The number of hydrogen-bond acceptors (Lipinski definition) is 7. The van der Waals surface area contributed by atoms with Gasteiger partial charge in [-0.3, -0.25) is 4.79 Å². The van der Waals surface area contributed by atoms with Crippen molar-refractivity contribution in [2.45, 2.75) is 83.3 Å². The zero-order chi connectivity index (χ0) is 31.9. The van der Waals surface area contributed by atoms with Crippen LogP contribution in [0, 0.1) is 18.2 Å². The maximum Gasteiger partial charge on any atom is 0.410 e. The summed E-state index contributed by atoms with van der Waals surface area (Å²) in [6, 6.07) is 13.2. The van der Waals surface area contributed by atoms with Crippen molar-refractivity contribution in [3.63, 3.8) is 0 Å². The number of halogens is 1. The molecule has 0 spiro atoms. The van der Waals surface area contributed by atoms with Crippen molar-refractivity contribution >= 4 is 18.1 Å². The van der Waals surface area contributed by atoms with Gasteiger partial charge >= 0.3 is 12.2 Å². The van der Waals surface area contributed by atoms with Crippen molar-refractivity contribution in [2.75, 3.05) is 19.7 Å². The van der Waals surface area contributed by atoms with E-state index in [9.17, 15) is 18.8 Å². The van der Waals surface area contributed by atoms with Crippen molar-refractivity contribution in [1.82, 2.24) is 15.1 Å². The van der Waals surface area contributed by atoms with Crippen molar-refractivity contribution in [3.8, 4) is 12.3 Å². The SMILES string of the molecule is C#CCOC(C)C(NC(=O)OC(C)(C)C)C(=O)N1CCC2C1C(OCc1ccc(F)cc1)CN2C(=O)OCc1ccccc1. The van der Waals surface area contributed by atoms with E-state index in [1.54, 1.807) is 49.6 Å². The topological polar surface area (TPSA) is 107 Å². The molecule has 2 aromatic carbocycles. The lowest BCUT2D eigenvalue weighted by atomic mass is 10.1. The van der Waals surface area contributed by atoms with Gasteiger partial charge in [0.05, 0.1) is 37.4 Å². The number of amides is 3.